The summed E-state index contributed by atoms with van der Waals surface area (Å²) in [7, 11) is 1.65. The molecule has 0 aliphatic carbocycles. The Morgan fingerprint density at radius 3 is 2.65 bits per heavy atom. The molecule has 0 radical (unpaired) electrons. The largest absolute Gasteiger partial charge is 0.493 e. The summed E-state index contributed by atoms with van der Waals surface area (Å²) in [6, 6.07) is 12.0. The molecule has 7 nitrogen and oxygen atoms in total. The molecule has 0 bridgehead atoms. The van der Waals surface area contributed by atoms with Gasteiger partial charge in [-0.25, -0.2) is 9.97 Å². The predicted molar refractivity (Wildman–Crippen MR) is 123 cm³/mol. The zero-order valence-electron chi connectivity index (χ0n) is 18.0. The molecular formula is C24H28N4O3. The van der Waals surface area contributed by atoms with Gasteiger partial charge in [0.25, 0.3) is 0 Å². The van der Waals surface area contributed by atoms with Crippen LogP contribution in [0.25, 0.3) is 17.0 Å². The molecule has 1 aliphatic rings. The van der Waals surface area contributed by atoms with Gasteiger partial charge >= 0.3 is 0 Å². The molecule has 1 saturated heterocycles. The Morgan fingerprint density at radius 2 is 1.90 bits per heavy atom. The van der Waals surface area contributed by atoms with Crippen LogP contribution >= 0.6 is 0 Å². The second-order valence-electron chi connectivity index (χ2n) is 7.29. The molecular weight excluding hydrogens is 392 g/mol. The topological polar surface area (TPSA) is 68.7 Å². The SMILES string of the molecule is C/C=C/c1ccc(Nc2ncnc3cc(OCCN4CCOCC4)c(OC)cc23)cc1. The van der Waals surface area contributed by atoms with E-state index in [1.54, 1.807) is 13.4 Å². The van der Waals surface area contributed by atoms with E-state index < -0.39 is 0 Å². The maximum Gasteiger partial charge on any atom is 0.163 e. The van der Waals surface area contributed by atoms with Crippen molar-refractivity contribution in [1.82, 2.24) is 14.9 Å². The quantitative estimate of drug-likeness (QED) is 0.588. The van der Waals surface area contributed by atoms with E-state index in [9.17, 15) is 0 Å². The summed E-state index contributed by atoms with van der Waals surface area (Å²) in [6.45, 7) is 6.88. The van der Waals surface area contributed by atoms with Crippen LogP contribution < -0.4 is 14.8 Å². The van der Waals surface area contributed by atoms with Gasteiger partial charge in [0, 0.05) is 36.8 Å². The summed E-state index contributed by atoms with van der Waals surface area (Å²) in [5, 5.41) is 4.26. The van der Waals surface area contributed by atoms with Gasteiger partial charge in [0.15, 0.2) is 11.5 Å². The van der Waals surface area contributed by atoms with Crippen molar-refractivity contribution in [2.24, 2.45) is 0 Å². The predicted octanol–water partition coefficient (Wildman–Crippen LogP) is 4.13. The van der Waals surface area contributed by atoms with E-state index in [0.717, 1.165) is 60.8 Å². The zero-order valence-corrected chi connectivity index (χ0v) is 18.0. The van der Waals surface area contributed by atoms with Crippen molar-refractivity contribution in [2.75, 3.05) is 51.9 Å². The number of allylic oxidation sites excluding steroid dienone is 1. The highest BCUT2D eigenvalue weighted by Crippen LogP contribution is 2.34. The number of morpholine rings is 1. The number of aromatic nitrogens is 2. The van der Waals surface area contributed by atoms with Gasteiger partial charge in [-0.3, -0.25) is 4.90 Å². The number of nitrogens with zero attached hydrogens (tertiary/aromatic N) is 3. The summed E-state index contributed by atoms with van der Waals surface area (Å²) in [4.78, 5) is 11.2. The Balaban J connectivity index is 1.51. The second kappa shape index (κ2) is 10.2. The number of fused-ring (bicyclic) bond motifs is 1. The summed E-state index contributed by atoms with van der Waals surface area (Å²) in [6.07, 6.45) is 5.64. The highest BCUT2D eigenvalue weighted by Gasteiger charge is 2.14. The lowest BCUT2D eigenvalue weighted by Gasteiger charge is -2.26. The van der Waals surface area contributed by atoms with E-state index in [4.69, 9.17) is 14.2 Å². The molecule has 3 aromatic rings. The first-order chi connectivity index (χ1) is 15.3. The Kier molecular flexibility index (Phi) is 6.96. The molecule has 1 N–H and O–H groups in total. The Bertz CT molecular complexity index is 1030. The van der Waals surface area contributed by atoms with Crippen molar-refractivity contribution in [1.29, 1.82) is 0 Å². The highest BCUT2D eigenvalue weighted by molar-refractivity contribution is 5.93. The van der Waals surface area contributed by atoms with Crippen LogP contribution in [0.2, 0.25) is 0 Å². The third-order valence-electron chi connectivity index (χ3n) is 5.22. The average molecular weight is 421 g/mol. The third-order valence-corrected chi connectivity index (χ3v) is 5.22. The smallest absolute Gasteiger partial charge is 0.163 e. The summed E-state index contributed by atoms with van der Waals surface area (Å²) in [5.41, 5.74) is 2.91. The van der Waals surface area contributed by atoms with Crippen LogP contribution in [0.4, 0.5) is 11.5 Å². The number of methoxy groups -OCH3 is 1. The van der Waals surface area contributed by atoms with Crippen LogP contribution in [0.15, 0.2) is 48.8 Å². The van der Waals surface area contributed by atoms with Gasteiger partial charge in [0.2, 0.25) is 0 Å². The molecule has 0 atom stereocenters. The minimum Gasteiger partial charge on any atom is -0.493 e. The number of rotatable bonds is 8. The number of anilines is 2. The van der Waals surface area contributed by atoms with E-state index in [1.165, 1.54) is 0 Å². The van der Waals surface area contributed by atoms with Crippen molar-refractivity contribution in [3.8, 4) is 11.5 Å². The molecule has 1 aliphatic heterocycles. The van der Waals surface area contributed by atoms with E-state index in [-0.39, 0.29) is 0 Å². The molecule has 2 heterocycles. The first-order valence-corrected chi connectivity index (χ1v) is 10.5. The standard InChI is InChI=1S/C24H28N4O3/c1-3-4-18-5-7-19(8-6-18)27-24-20-15-22(29-2)23(16-21(20)25-17-26-24)31-14-11-28-9-12-30-13-10-28/h3-8,15-17H,9-14H2,1-2H3,(H,25,26,27)/b4-3+. The van der Waals surface area contributed by atoms with Gasteiger partial charge in [0.1, 0.15) is 18.8 Å². The van der Waals surface area contributed by atoms with E-state index in [1.807, 2.05) is 37.3 Å². The fourth-order valence-corrected chi connectivity index (χ4v) is 3.55. The minimum atomic E-state index is 0.580. The molecule has 0 spiro atoms. The normalized spacial score (nSPS) is 14.8. The molecule has 7 heteroatoms. The Hall–Kier alpha value is -3.16. The molecule has 0 saturated carbocycles. The molecule has 2 aromatic carbocycles. The number of hydrogen-bond donors (Lipinski definition) is 1. The zero-order chi connectivity index (χ0) is 21.5. The monoisotopic (exact) mass is 420 g/mol. The van der Waals surface area contributed by atoms with Gasteiger partial charge in [-0.2, -0.15) is 0 Å². The molecule has 162 valence electrons. The van der Waals surface area contributed by atoms with Gasteiger partial charge < -0.3 is 19.5 Å². The Labute approximate surface area is 182 Å². The van der Waals surface area contributed by atoms with Crippen LogP contribution in [0.5, 0.6) is 11.5 Å². The maximum absolute atomic E-state index is 6.04. The molecule has 0 unspecified atom stereocenters. The van der Waals surface area contributed by atoms with Gasteiger partial charge in [-0.05, 0) is 30.7 Å². The first kappa shape index (κ1) is 21.1. The third kappa shape index (κ3) is 5.31. The first-order valence-electron chi connectivity index (χ1n) is 10.5. The fraction of sp³-hybridized carbons (Fsp3) is 0.333. The van der Waals surface area contributed by atoms with Gasteiger partial charge in [-0.1, -0.05) is 24.3 Å². The van der Waals surface area contributed by atoms with Crippen LogP contribution in [-0.2, 0) is 4.74 Å². The molecule has 0 amide bonds. The lowest BCUT2D eigenvalue weighted by molar-refractivity contribution is 0.0321. The summed E-state index contributed by atoms with van der Waals surface area (Å²) in [5.74, 6) is 2.07. The number of ether oxygens (including phenoxy) is 3. The summed E-state index contributed by atoms with van der Waals surface area (Å²) < 4.78 is 17.0. The van der Waals surface area contributed by atoms with Crippen LogP contribution in [-0.4, -0.2) is 61.4 Å². The van der Waals surface area contributed by atoms with Crippen molar-refractivity contribution in [2.45, 2.75) is 6.92 Å². The fourth-order valence-electron chi connectivity index (χ4n) is 3.55. The van der Waals surface area contributed by atoms with Gasteiger partial charge in [-0.15, -0.1) is 0 Å². The van der Waals surface area contributed by atoms with E-state index in [0.29, 0.717) is 18.1 Å². The van der Waals surface area contributed by atoms with Crippen LogP contribution in [0.3, 0.4) is 0 Å². The Morgan fingerprint density at radius 1 is 1.10 bits per heavy atom. The summed E-state index contributed by atoms with van der Waals surface area (Å²) >= 11 is 0. The van der Waals surface area contributed by atoms with Crippen LogP contribution in [0.1, 0.15) is 12.5 Å². The maximum atomic E-state index is 6.04. The van der Waals surface area contributed by atoms with Crippen molar-refractivity contribution in [3.05, 3.63) is 54.4 Å². The average Bonchev–Trinajstić information content (AvgIpc) is 2.81. The lowest BCUT2D eigenvalue weighted by atomic mass is 10.1. The van der Waals surface area contributed by atoms with Crippen molar-refractivity contribution >= 4 is 28.5 Å². The molecule has 1 fully saturated rings. The number of nitrogens with one attached hydrogen (secondary N) is 1. The molecule has 31 heavy (non-hydrogen) atoms. The minimum absolute atomic E-state index is 0.580. The van der Waals surface area contributed by atoms with Crippen LogP contribution in [0, 0.1) is 0 Å². The second-order valence-corrected chi connectivity index (χ2v) is 7.29. The lowest BCUT2D eigenvalue weighted by Crippen LogP contribution is -2.38. The van der Waals surface area contributed by atoms with E-state index in [2.05, 4.69) is 38.4 Å². The number of benzene rings is 2. The van der Waals surface area contributed by atoms with E-state index >= 15 is 0 Å². The van der Waals surface area contributed by atoms with Gasteiger partial charge in [0.05, 0.1) is 25.8 Å². The van der Waals surface area contributed by atoms with Crippen molar-refractivity contribution in [3.63, 3.8) is 0 Å². The number of hydrogen-bond acceptors (Lipinski definition) is 7. The molecule has 1 aromatic heterocycles. The molecule has 4 rings (SSSR count). The van der Waals surface area contributed by atoms with Crippen molar-refractivity contribution < 1.29 is 14.2 Å². The highest BCUT2D eigenvalue weighted by atomic mass is 16.5.